The molecule has 0 spiro atoms. The van der Waals surface area contributed by atoms with Gasteiger partial charge in [-0.15, -0.1) is 0 Å². The molecule has 23 heavy (non-hydrogen) atoms. The van der Waals surface area contributed by atoms with Gasteiger partial charge in [-0.05, 0) is 47.5 Å². The van der Waals surface area contributed by atoms with Gasteiger partial charge in [-0.1, -0.05) is 0 Å². The van der Waals surface area contributed by atoms with Gasteiger partial charge in [-0.25, -0.2) is 9.59 Å². The molecule has 0 saturated carbocycles. The third kappa shape index (κ3) is 3.42. The zero-order chi connectivity index (χ0) is 17.1. The molecule has 0 fully saturated rings. The number of methoxy groups -OCH3 is 1. The van der Waals surface area contributed by atoms with E-state index in [-0.39, 0.29) is 17.1 Å². The van der Waals surface area contributed by atoms with Crippen molar-refractivity contribution in [1.82, 2.24) is 10.6 Å². The number of benzene rings is 1. The van der Waals surface area contributed by atoms with Crippen molar-refractivity contribution in [3.63, 3.8) is 0 Å². The number of urea groups is 1. The molecule has 7 nitrogen and oxygen atoms in total. The molecule has 2 rings (SSSR count). The van der Waals surface area contributed by atoms with E-state index in [0.717, 1.165) is 0 Å². The second-order valence-electron chi connectivity index (χ2n) is 4.84. The molecule has 1 unspecified atom stereocenters. The van der Waals surface area contributed by atoms with Crippen molar-refractivity contribution in [2.45, 2.75) is 19.9 Å². The second kappa shape index (κ2) is 6.91. The van der Waals surface area contributed by atoms with E-state index in [9.17, 15) is 14.7 Å². The summed E-state index contributed by atoms with van der Waals surface area (Å²) in [5.74, 6) is -0.343. The fraction of sp³-hybridized carbons (Fsp3) is 0.333. The van der Waals surface area contributed by atoms with Gasteiger partial charge in [0.15, 0.2) is 11.5 Å². The zero-order valence-electron chi connectivity index (χ0n) is 12.9. The summed E-state index contributed by atoms with van der Waals surface area (Å²) in [5, 5.41) is 15.2. The molecule has 8 heteroatoms. The third-order valence-corrected chi connectivity index (χ3v) is 3.96. The van der Waals surface area contributed by atoms with Crippen LogP contribution >= 0.6 is 15.9 Å². The predicted molar refractivity (Wildman–Crippen MR) is 86.1 cm³/mol. The minimum Gasteiger partial charge on any atom is -0.503 e. The molecule has 1 aliphatic heterocycles. The molecule has 1 heterocycles. The molecule has 1 aromatic carbocycles. The number of phenolic OH excluding ortho intramolecular Hbond substituents is 1. The monoisotopic (exact) mass is 384 g/mol. The number of hydrogen-bond donors (Lipinski definition) is 3. The molecule has 0 radical (unpaired) electrons. The van der Waals surface area contributed by atoms with E-state index in [0.29, 0.717) is 22.3 Å². The fourth-order valence-electron chi connectivity index (χ4n) is 2.35. The summed E-state index contributed by atoms with van der Waals surface area (Å²) in [6.45, 7) is 3.77. The molecule has 0 bridgehead atoms. The topological polar surface area (TPSA) is 96.9 Å². The number of esters is 1. The molecule has 0 aromatic heterocycles. The average molecular weight is 385 g/mol. The first-order valence-corrected chi connectivity index (χ1v) is 7.70. The summed E-state index contributed by atoms with van der Waals surface area (Å²) < 4.78 is 10.6. The number of amides is 2. The van der Waals surface area contributed by atoms with Gasteiger partial charge >= 0.3 is 12.0 Å². The summed E-state index contributed by atoms with van der Waals surface area (Å²) in [6.07, 6.45) is 0. The van der Waals surface area contributed by atoms with Crippen LogP contribution in [-0.2, 0) is 9.53 Å². The van der Waals surface area contributed by atoms with Crippen molar-refractivity contribution in [2.24, 2.45) is 0 Å². The summed E-state index contributed by atoms with van der Waals surface area (Å²) in [6, 6.07) is 2.05. The molecule has 1 aliphatic rings. The quantitative estimate of drug-likeness (QED) is 0.692. The highest BCUT2D eigenvalue weighted by atomic mass is 79.9. The Morgan fingerprint density at radius 1 is 1.43 bits per heavy atom. The van der Waals surface area contributed by atoms with Crippen LogP contribution < -0.4 is 15.4 Å². The number of halogens is 1. The van der Waals surface area contributed by atoms with Gasteiger partial charge in [0.05, 0.1) is 29.8 Å². The van der Waals surface area contributed by atoms with Crippen LogP contribution in [0.3, 0.4) is 0 Å². The number of nitrogens with one attached hydrogen (secondary N) is 2. The second-order valence-corrected chi connectivity index (χ2v) is 5.70. The number of hydrogen-bond acceptors (Lipinski definition) is 5. The van der Waals surface area contributed by atoms with E-state index >= 15 is 0 Å². The first-order valence-electron chi connectivity index (χ1n) is 6.90. The van der Waals surface area contributed by atoms with Gasteiger partial charge in [-0.3, -0.25) is 0 Å². The molecular weight excluding hydrogens is 368 g/mol. The van der Waals surface area contributed by atoms with E-state index in [2.05, 4.69) is 26.6 Å². The summed E-state index contributed by atoms with van der Waals surface area (Å²) in [4.78, 5) is 23.8. The van der Waals surface area contributed by atoms with Gasteiger partial charge in [-0.2, -0.15) is 0 Å². The maximum Gasteiger partial charge on any atom is 0.337 e. The summed E-state index contributed by atoms with van der Waals surface area (Å²) in [5.41, 5.74) is 1.27. The Balaban J connectivity index is 2.56. The van der Waals surface area contributed by atoms with Gasteiger partial charge in [0, 0.05) is 5.70 Å². The highest BCUT2D eigenvalue weighted by Crippen LogP contribution is 2.39. The Bertz CT molecular complexity index is 687. The van der Waals surface area contributed by atoms with Crippen molar-refractivity contribution < 1.29 is 24.2 Å². The number of carbonyl (C=O) groups excluding carboxylic acids is 2. The van der Waals surface area contributed by atoms with Crippen molar-refractivity contribution in [3.05, 3.63) is 33.4 Å². The van der Waals surface area contributed by atoms with Crippen LogP contribution in [0.25, 0.3) is 0 Å². The number of phenols is 1. The van der Waals surface area contributed by atoms with Crippen LogP contribution in [0.2, 0.25) is 0 Å². The number of allylic oxidation sites excluding steroid dienone is 1. The van der Waals surface area contributed by atoms with Crippen LogP contribution in [0, 0.1) is 0 Å². The van der Waals surface area contributed by atoms with Crippen LogP contribution in [0.1, 0.15) is 25.5 Å². The normalized spacial score (nSPS) is 17.4. The Hall–Kier alpha value is -2.22. The molecule has 124 valence electrons. The standard InChI is InChI=1S/C15H17BrN2O5/c1-4-23-10-6-8(5-9(16)13(10)19)12-11(14(20)22-3)7(2)17-15(21)18-12/h5-6,12,19H,4H2,1-3H3,(H2,17,18,21). The average Bonchev–Trinajstić information content (AvgIpc) is 2.50. The van der Waals surface area contributed by atoms with Crippen molar-refractivity contribution in [1.29, 1.82) is 0 Å². The maximum atomic E-state index is 12.1. The Morgan fingerprint density at radius 3 is 2.74 bits per heavy atom. The molecule has 2 amide bonds. The predicted octanol–water partition coefficient (Wildman–Crippen LogP) is 2.35. The number of aromatic hydroxyl groups is 1. The Labute approximate surface area is 141 Å². The lowest BCUT2D eigenvalue weighted by atomic mass is 9.95. The van der Waals surface area contributed by atoms with Gasteiger partial charge in [0.1, 0.15) is 0 Å². The van der Waals surface area contributed by atoms with E-state index < -0.39 is 18.0 Å². The van der Waals surface area contributed by atoms with Crippen LogP contribution in [-0.4, -0.2) is 30.8 Å². The van der Waals surface area contributed by atoms with E-state index in [4.69, 9.17) is 9.47 Å². The van der Waals surface area contributed by atoms with Crippen LogP contribution in [0.5, 0.6) is 11.5 Å². The summed E-state index contributed by atoms with van der Waals surface area (Å²) in [7, 11) is 1.27. The lowest BCUT2D eigenvalue weighted by Crippen LogP contribution is -2.45. The third-order valence-electron chi connectivity index (χ3n) is 3.36. The SMILES string of the molecule is CCOc1cc(C2NC(=O)NC(C)=C2C(=O)OC)cc(Br)c1O. The minimum atomic E-state index is -0.715. The van der Waals surface area contributed by atoms with Gasteiger partial charge in [0.2, 0.25) is 0 Å². The van der Waals surface area contributed by atoms with Crippen molar-refractivity contribution in [2.75, 3.05) is 13.7 Å². The highest BCUT2D eigenvalue weighted by Gasteiger charge is 2.32. The summed E-state index contributed by atoms with van der Waals surface area (Å²) >= 11 is 3.25. The van der Waals surface area contributed by atoms with E-state index in [1.165, 1.54) is 7.11 Å². The van der Waals surface area contributed by atoms with Crippen molar-refractivity contribution in [3.8, 4) is 11.5 Å². The van der Waals surface area contributed by atoms with Gasteiger partial charge in [0.25, 0.3) is 0 Å². The lowest BCUT2D eigenvalue weighted by molar-refractivity contribution is -0.136. The fourth-order valence-corrected chi connectivity index (χ4v) is 2.81. The van der Waals surface area contributed by atoms with Gasteiger partial charge < -0.3 is 25.2 Å². The highest BCUT2D eigenvalue weighted by molar-refractivity contribution is 9.10. The first kappa shape index (κ1) is 17.1. The zero-order valence-corrected chi connectivity index (χ0v) is 14.5. The largest absolute Gasteiger partial charge is 0.503 e. The number of ether oxygens (including phenoxy) is 2. The molecular formula is C15H17BrN2O5. The first-order chi connectivity index (χ1) is 10.9. The van der Waals surface area contributed by atoms with E-state index in [1.54, 1.807) is 26.0 Å². The number of carbonyl (C=O) groups is 2. The Kier molecular flexibility index (Phi) is 5.15. The molecule has 0 saturated heterocycles. The van der Waals surface area contributed by atoms with Crippen LogP contribution in [0.15, 0.2) is 27.9 Å². The smallest absolute Gasteiger partial charge is 0.337 e. The van der Waals surface area contributed by atoms with E-state index in [1.807, 2.05) is 0 Å². The minimum absolute atomic E-state index is 0.0452. The lowest BCUT2D eigenvalue weighted by Gasteiger charge is -2.28. The number of rotatable bonds is 4. The Morgan fingerprint density at radius 2 is 2.13 bits per heavy atom. The molecule has 1 atom stereocenters. The van der Waals surface area contributed by atoms with Crippen molar-refractivity contribution >= 4 is 27.9 Å². The maximum absolute atomic E-state index is 12.1. The van der Waals surface area contributed by atoms with Crippen LogP contribution in [0.4, 0.5) is 4.79 Å². The molecule has 3 N–H and O–H groups in total. The molecule has 1 aromatic rings. The molecule has 0 aliphatic carbocycles.